The van der Waals surface area contributed by atoms with E-state index in [1.54, 1.807) is 4.90 Å². The highest BCUT2D eigenvalue weighted by atomic mass is 16.2. The summed E-state index contributed by atoms with van der Waals surface area (Å²) < 4.78 is 1.82. The van der Waals surface area contributed by atoms with Crippen LogP contribution in [0, 0.1) is 13.8 Å². The first kappa shape index (κ1) is 18.0. The zero-order valence-electron chi connectivity index (χ0n) is 15.5. The number of hydrogen-bond donors (Lipinski definition) is 2. The lowest BCUT2D eigenvalue weighted by Gasteiger charge is -2.22. The number of likely N-dealkylation sites (tertiary alicyclic amines) is 1. The first-order chi connectivity index (χ1) is 12.4. The summed E-state index contributed by atoms with van der Waals surface area (Å²) in [6, 6.07) is 9.12. The number of carbonyl (C=O) groups excluding carboxylic acids is 2. The molecule has 7 nitrogen and oxygen atoms in total. The molecule has 138 valence electrons. The summed E-state index contributed by atoms with van der Waals surface area (Å²) in [5.74, 6) is 0.161. The number of aromatic nitrogens is 2. The molecule has 1 aliphatic heterocycles. The number of anilines is 1. The third kappa shape index (κ3) is 4.04. The summed E-state index contributed by atoms with van der Waals surface area (Å²) >= 11 is 0. The first-order valence-electron chi connectivity index (χ1n) is 8.92. The highest BCUT2D eigenvalue weighted by Crippen LogP contribution is 2.21. The predicted molar refractivity (Wildman–Crippen MR) is 100 cm³/mol. The fourth-order valence-electron chi connectivity index (χ4n) is 3.29. The summed E-state index contributed by atoms with van der Waals surface area (Å²) in [5.41, 5.74) is 3.42. The van der Waals surface area contributed by atoms with E-state index in [0.29, 0.717) is 18.7 Å². The lowest BCUT2D eigenvalue weighted by molar-refractivity contribution is -0.127. The Hall–Kier alpha value is -2.83. The first-order valence-corrected chi connectivity index (χ1v) is 8.92. The zero-order chi connectivity index (χ0) is 18.7. The number of nitrogens with one attached hydrogen (secondary N) is 2. The Morgan fingerprint density at radius 3 is 2.73 bits per heavy atom. The van der Waals surface area contributed by atoms with E-state index in [4.69, 9.17) is 0 Å². The largest absolute Gasteiger partial charge is 0.341 e. The van der Waals surface area contributed by atoms with Crippen LogP contribution in [-0.2, 0) is 4.79 Å². The number of rotatable bonds is 5. The molecule has 1 aromatic carbocycles. The summed E-state index contributed by atoms with van der Waals surface area (Å²) in [6.07, 6.45) is 1.50. The Labute approximate surface area is 153 Å². The van der Waals surface area contributed by atoms with Crippen LogP contribution in [0.4, 0.5) is 10.5 Å². The van der Waals surface area contributed by atoms with Gasteiger partial charge < -0.3 is 15.5 Å². The van der Waals surface area contributed by atoms with E-state index in [1.807, 2.05) is 55.8 Å². The van der Waals surface area contributed by atoms with Gasteiger partial charge in [-0.1, -0.05) is 12.1 Å². The van der Waals surface area contributed by atoms with Crippen molar-refractivity contribution in [3.63, 3.8) is 0 Å². The minimum absolute atomic E-state index is 0.127. The van der Waals surface area contributed by atoms with Gasteiger partial charge in [0.2, 0.25) is 5.91 Å². The molecule has 2 aromatic rings. The van der Waals surface area contributed by atoms with Crippen molar-refractivity contribution in [3.8, 4) is 5.69 Å². The summed E-state index contributed by atoms with van der Waals surface area (Å²) in [5, 5.41) is 10.3. The number of hydrogen-bond acceptors (Lipinski definition) is 3. The van der Waals surface area contributed by atoms with Gasteiger partial charge in [0.15, 0.2) is 0 Å². The van der Waals surface area contributed by atoms with E-state index in [-0.39, 0.29) is 18.0 Å². The molecule has 26 heavy (non-hydrogen) atoms. The number of nitrogens with zero attached hydrogens (tertiary/aromatic N) is 3. The Morgan fingerprint density at radius 1 is 1.31 bits per heavy atom. The molecular formula is C19H25N5O2. The number of para-hydroxylation sites is 2. The van der Waals surface area contributed by atoms with Crippen molar-refractivity contribution in [2.75, 3.05) is 18.4 Å². The molecule has 0 spiro atoms. The number of benzene rings is 1. The molecular weight excluding hydrogens is 330 g/mol. The van der Waals surface area contributed by atoms with E-state index < -0.39 is 0 Å². The molecule has 1 aromatic heterocycles. The van der Waals surface area contributed by atoms with Crippen molar-refractivity contribution in [2.45, 2.75) is 39.7 Å². The third-order valence-electron chi connectivity index (χ3n) is 4.43. The van der Waals surface area contributed by atoms with Gasteiger partial charge in [0.25, 0.3) is 0 Å². The van der Waals surface area contributed by atoms with E-state index in [1.165, 1.54) is 0 Å². The second-order valence-electron chi connectivity index (χ2n) is 6.80. The van der Waals surface area contributed by atoms with Crippen LogP contribution in [-0.4, -0.2) is 45.8 Å². The number of carbonyl (C=O) groups is 2. The van der Waals surface area contributed by atoms with Crippen LogP contribution >= 0.6 is 0 Å². The fourth-order valence-corrected chi connectivity index (χ4v) is 3.29. The molecule has 1 saturated heterocycles. The van der Waals surface area contributed by atoms with Gasteiger partial charge in [0.1, 0.15) is 0 Å². The van der Waals surface area contributed by atoms with Crippen LogP contribution in [0.25, 0.3) is 5.69 Å². The van der Waals surface area contributed by atoms with Crippen LogP contribution < -0.4 is 10.6 Å². The van der Waals surface area contributed by atoms with Crippen LogP contribution in [0.5, 0.6) is 0 Å². The van der Waals surface area contributed by atoms with E-state index >= 15 is 0 Å². The molecule has 0 radical (unpaired) electrons. The molecule has 2 N–H and O–H groups in total. The molecule has 1 fully saturated rings. The van der Waals surface area contributed by atoms with Gasteiger partial charge in [-0.2, -0.15) is 5.10 Å². The van der Waals surface area contributed by atoms with Crippen molar-refractivity contribution in [1.82, 2.24) is 20.0 Å². The molecule has 0 aliphatic carbocycles. The van der Waals surface area contributed by atoms with Crippen LogP contribution in [0.1, 0.15) is 31.2 Å². The molecule has 0 bridgehead atoms. The average molecular weight is 355 g/mol. The molecule has 0 saturated carbocycles. The van der Waals surface area contributed by atoms with Crippen LogP contribution in [0.15, 0.2) is 30.3 Å². The lowest BCUT2D eigenvalue weighted by atomic mass is 10.2. The van der Waals surface area contributed by atoms with Gasteiger partial charge in [-0.3, -0.25) is 4.79 Å². The van der Waals surface area contributed by atoms with Crippen LogP contribution in [0.2, 0.25) is 0 Å². The summed E-state index contributed by atoms with van der Waals surface area (Å²) in [6.45, 7) is 7.12. The Balaban J connectivity index is 1.66. The third-order valence-corrected chi connectivity index (χ3v) is 4.43. The fraction of sp³-hybridized carbons (Fsp3) is 0.421. The average Bonchev–Trinajstić information content (AvgIpc) is 3.13. The number of aryl methyl sites for hydroxylation is 2. The summed E-state index contributed by atoms with van der Waals surface area (Å²) in [7, 11) is 0. The number of amides is 3. The topological polar surface area (TPSA) is 79.3 Å². The van der Waals surface area contributed by atoms with Gasteiger partial charge in [-0.25, -0.2) is 9.48 Å². The second kappa shape index (κ2) is 7.59. The predicted octanol–water partition coefficient (Wildman–Crippen LogP) is 2.62. The zero-order valence-corrected chi connectivity index (χ0v) is 15.5. The maximum atomic E-state index is 12.4. The van der Waals surface area contributed by atoms with Crippen molar-refractivity contribution in [3.05, 3.63) is 41.7 Å². The minimum Gasteiger partial charge on any atom is -0.341 e. The highest BCUT2D eigenvalue weighted by molar-refractivity contribution is 5.91. The standard InChI is InChI=1S/C19H25N5O2/c1-13-11-15(3)24(22-13)17-8-5-4-7-16(17)21-19(26)20-14(2)12-23-10-6-9-18(23)25/h4-5,7-8,11,14H,6,9-10,12H2,1-3H3,(H2,20,21,26)/t14-/m0/s1. The number of urea groups is 1. The Morgan fingerprint density at radius 2 is 2.08 bits per heavy atom. The van der Waals surface area contributed by atoms with E-state index in [0.717, 1.165) is 30.0 Å². The smallest absolute Gasteiger partial charge is 0.319 e. The summed E-state index contributed by atoms with van der Waals surface area (Å²) in [4.78, 5) is 25.9. The lowest BCUT2D eigenvalue weighted by Crippen LogP contribution is -2.44. The van der Waals surface area contributed by atoms with Gasteiger partial charge in [-0.05, 0) is 45.4 Å². The van der Waals surface area contributed by atoms with Gasteiger partial charge in [0.05, 0.1) is 17.1 Å². The van der Waals surface area contributed by atoms with Gasteiger partial charge in [0, 0.05) is 31.2 Å². The van der Waals surface area contributed by atoms with E-state index in [9.17, 15) is 9.59 Å². The molecule has 1 aliphatic rings. The van der Waals surface area contributed by atoms with Crippen molar-refractivity contribution in [2.24, 2.45) is 0 Å². The monoisotopic (exact) mass is 355 g/mol. The van der Waals surface area contributed by atoms with E-state index in [2.05, 4.69) is 15.7 Å². The quantitative estimate of drug-likeness (QED) is 0.865. The molecule has 3 amide bonds. The Bertz CT molecular complexity index is 814. The SMILES string of the molecule is Cc1cc(C)n(-c2ccccc2NC(=O)N[C@@H](C)CN2CCCC2=O)n1. The van der Waals surface area contributed by atoms with Crippen molar-refractivity contribution >= 4 is 17.6 Å². The molecule has 0 unspecified atom stereocenters. The maximum absolute atomic E-state index is 12.4. The second-order valence-corrected chi connectivity index (χ2v) is 6.80. The Kier molecular flexibility index (Phi) is 5.25. The normalized spacial score (nSPS) is 15.2. The molecule has 7 heteroatoms. The van der Waals surface area contributed by atoms with Gasteiger partial charge >= 0.3 is 6.03 Å². The van der Waals surface area contributed by atoms with Gasteiger partial charge in [-0.15, -0.1) is 0 Å². The minimum atomic E-state index is -0.293. The molecule has 3 rings (SSSR count). The molecule has 1 atom stereocenters. The van der Waals surface area contributed by atoms with Crippen LogP contribution in [0.3, 0.4) is 0 Å². The molecule has 2 heterocycles. The van der Waals surface area contributed by atoms with Crippen molar-refractivity contribution in [1.29, 1.82) is 0 Å². The van der Waals surface area contributed by atoms with Crippen molar-refractivity contribution < 1.29 is 9.59 Å². The maximum Gasteiger partial charge on any atom is 0.319 e. The highest BCUT2D eigenvalue weighted by Gasteiger charge is 2.22.